The summed E-state index contributed by atoms with van der Waals surface area (Å²) in [5, 5.41) is 14.6. The van der Waals surface area contributed by atoms with Crippen LogP contribution in [-0.4, -0.2) is 57.1 Å². The van der Waals surface area contributed by atoms with Gasteiger partial charge in [-0.2, -0.15) is 5.01 Å². The molecule has 6 nitrogen and oxygen atoms in total. The Kier molecular flexibility index (Phi) is 4.50. The maximum Gasteiger partial charge on any atom is 0.253 e. The van der Waals surface area contributed by atoms with Gasteiger partial charge in [-0.25, -0.2) is 0 Å². The summed E-state index contributed by atoms with van der Waals surface area (Å²) < 4.78 is 0. The third kappa shape index (κ3) is 2.66. The highest BCUT2D eigenvalue weighted by atomic mass is 32.2. The fourth-order valence-electron chi connectivity index (χ4n) is 4.72. The first kappa shape index (κ1) is 19.4. The molecule has 0 aromatic heterocycles. The van der Waals surface area contributed by atoms with Crippen LogP contribution in [0.2, 0.25) is 0 Å². The number of hydrogen-bond donors (Lipinski definition) is 1. The molecule has 3 heterocycles. The number of hydrazine groups is 1. The van der Waals surface area contributed by atoms with Crippen molar-refractivity contribution in [3.8, 4) is 0 Å². The molecule has 0 aliphatic carbocycles. The van der Waals surface area contributed by atoms with E-state index in [4.69, 9.17) is 0 Å². The molecule has 154 valence electrons. The molecule has 0 bridgehead atoms. The summed E-state index contributed by atoms with van der Waals surface area (Å²) >= 11 is 1.80. The van der Waals surface area contributed by atoms with Crippen molar-refractivity contribution >= 4 is 23.5 Å². The van der Waals surface area contributed by atoms with Gasteiger partial charge in [-0.05, 0) is 29.7 Å². The van der Waals surface area contributed by atoms with Crippen molar-refractivity contribution in [3.05, 3.63) is 77.5 Å². The first-order chi connectivity index (χ1) is 14.4. The normalized spacial score (nSPS) is 28.6. The van der Waals surface area contributed by atoms with Crippen molar-refractivity contribution in [2.45, 2.75) is 35.3 Å². The maximum atomic E-state index is 13.1. The molecule has 1 amide bonds. The second kappa shape index (κ2) is 6.97. The summed E-state index contributed by atoms with van der Waals surface area (Å²) in [4.78, 5) is 28.2. The molecule has 30 heavy (non-hydrogen) atoms. The Balaban J connectivity index is 1.73. The summed E-state index contributed by atoms with van der Waals surface area (Å²) in [7, 11) is 1.72. The fourth-order valence-corrected chi connectivity index (χ4v) is 5.81. The Labute approximate surface area is 179 Å². The second-order valence-electron chi connectivity index (χ2n) is 8.12. The molecule has 5 rings (SSSR count). The molecule has 0 spiro atoms. The van der Waals surface area contributed by atoms with Gasteiger partial charge in [0.15, 0.2) is 11.3 Å². The van der Waals surface area contributed by atoms with E-state index in [1.54, 1.807) is 41.8 Å². The number of fused-ring (bicyclic) bond motifs is 3. The van der Waals surface area contributed by atoms with Gasteiger partial charge in [0.05, 0.1) is 12.7 Å². The molecule has 1 N–H and O–H groups in total. The van der Waals surface area contributed by atoms with Gasteiger partial charge in [0.1, 0.15) is 6.10 Å². The lowest BCUT2D eigenvalue weighted by molar-refractivity contribution is -0.204. The van der Waals surface area contributed by atoms with Crippen LogP contribution in [0.3, 0.4) is 0 Å². The number of likely N-dealkylation sites (N-methyl/N-ethyl adjacent to an activating group) is 1. The first-order valence-corrected chi connectivity index (χ1v) is 10.9. The van der Waals surface area contributed by atoms with E-state index in [2.05, 4.69) is 29.3 Å². The monoisotopic (exact) mass is 421 g/mol. The molecular formula is C23H23N3O3S. The van der Waals surface area contributed by atoms with Crippen LogP contribution in [0.15, 0.2) is 65.7 Å². The number of aliphatic hydroxyl groups excluding tert-OH is 1. The lowest BCUT2D eigenvalue weighted by atomic mass is 9.85. The highest BCUT2D eigenvalue weighted by Gasteiger charge is 2.57. The summed E-state index contributed by atoms with van der Waals surface area (Å²) in [5.41, 5.74) is 2.17. The minimum atomic E-state index is -1.43. The average molecular weight is 422 g/mol. The summed E-state index contributed by atoms with van der Waals surface area (Å²) in [6.07, 6.45) is 1.58. The second-order valence-corrected chi connectivity index (χ2v) is 9.14. The standard InChI is InChI=1S/C23H23N3O3S/c1-23-21(28)18(27)11-12-26(23)25(14-24(2)22(23)29)20-16-8-4-3-7-15(16)13-30-19-10-6-5-9-17(19)20/h3-12,20-21,28H,13-14H2,1-2H3. The summed E-state index contributed by atoms with van der Waals surface area (Å²) in [6, 6.07) is 16.5. The predicted octanol–water partition coefficient (Wildman–Crippen LogP) is 2.55. The van der Waals surface area contributed by atoms with Crippen LogP contribution in [0.1, 0.15) is 29.7 Å². The third-order valence-corrected chi connectivity index (χ3v) is 7.45. The van der Waals surface area contributed by atoms with Gasteiger partial charge in [0, 0.05) is 30.0 Å². The highest BCUT2D eigenvalue weighted by molar-refractivity contribution is 7.98. The van der Waals surface area contributed by atoms with Crippen LogP contribution < -0.4 is 0 Å². The maximum absolute atomic E-state index is 13.1. The molecule has 2 aromatic carbocycles. The molecule has 3 atom stereocenters. The van der Waals surface area contributed by atoms with Crippen LogP contribution in [0.5, 0.6) is 0 Å². The Bertz CT molecular complexity index is 1020. The predicted molar refractivity (Wildman–Crippen MR) is 114 cm³/mol. The van der Waals surface area contributed by atoms with Gasteiger partial charge in [-0.1, -0.05) is 42.5 Å². The van der Waals surface area contributed by atoms with Crippen LogP contribution >= 0.6 is 11.8 Å². The number of ketones is 1. The van der Waals surface area contributed by atoms with Crippen molar-refractivity contribution in [2.24, 2.45) is 0 Å². The van der Waals surface area contributed by atoms with Gasteiger partial charge < -0.3 is 10.0 Å². The zero-order valence-electron chi connectivity index (χ0n) is 16.9. The number of amides is 1. The minimum Gasteiger partial charge on any atom is -0.382 e. The number of benzene rings is 2. The average Bonchev–Trinajstić information content (AvgIpc) is 2.92. The van der Waals surface area contributed by atoms with Gasteiger partial charge in [-0.3, -0.25) is 14.6 Å². The number of thioether (sulfide) groups is 1. The quantitative estimate of drug-likeness (QED) is 0.764. The van der Waals surface area contributed by atoms with Crippen LogP contribution in [0, 0.1) is 0 Å². The van der Waals surface area contributed by atoms with Crippen molar-refractivity contribution in [1.82, 2.24) is 14.9 Å². The van der Waals surface area contributed by atoms with E-state index >= 15 is 0 Å². The molecule has 3 aliphatic heterocycles. The number of carbonyl (C=O) groups is 2. The zero-order valence-corrected chi connectivity index (χ0v) is 17.7. The smallest absolute Gasteiger partial charge is 0.253 e. The molecular weight excluding hydrogens is 398 g/mol. The summed E-state index contributed by atoms with van der Waals surface area (Å²) in [5.74, 6) is 0.142. The van der Waals surface area contributed by atoms with E-state index in [0.717, 1.165) is 11.3 Å². The number of nitrogens with zero attached hydrogens (tertiary/aromatic N) is 3. The Morgan fingerprint density at radius 1 is 1.07 bits per heavy atom. The van der Waals surface area contributed by atoms with E-state index in [9.17, 15) is 14.7 Å². The fraction of sp³-hybridized carbons (Fsp3) is 0.304. The molecule has 0 saturated carbocycles. The lowest BCUT2D eigenvalue weighted by Gasteiger charge is -2.56. The van der Waals surface area contributed by atoms with E-state index in [-0.39, 0.29) is 11.9 Å². The van der Waals surface area contributed by atoms with E-state index < -0.39 is 17.4 Å². The Morgan fingerprint density at radius 3 is 2.57 bits per heavy atom. The first-order valence-electron chi connectivity index (χ1n) is 9.94. The van der Waals surface area contributed by atoms with Crippen molar-refractivity contribution < 1.29 is 14.7 Å². The topological polar surface area (TPSA) is 64.1 Å². The molecule has 1 fully saturated rings. The van der Waals surface area contributed by atoms with Crippen molar-refractivity contribution in [3.63, 3.8) is 0 Å². The Morgan fingerprint density at radius 2 is 1.77 bits per heavy atom. The number of hydrogen-bond acceptors (Lipinski definition) is 6. The number of rotatable bonds is 1. The number of carbonyl (C=O) groups excluding carboxylic acids is 2. The molecule has 3 aliphatic rings. The zero-order chi connectivity index (χ0) is 21.0. The largest absolute Gasteiger partial charge is 0.382 e. The van der Waals surface area contributed by atoms with Crippen molar-refractivity contribution in [2.75, 3.05) is 13.7 Å². The molecule has 1 saturated heterocycles. The molecule has 2 aromatic rings. The minimum absolute atomic E-state index is 0.160. The van der Waals surface area contributed by atoms with Gasteiger partial charge >= 0.3 is 0 Å². The van der Waals surface area contributed by atoms with E-state index in [1.807, 2.05) is 24.3 Å². The Hall–Kier alpha value is -2.61. The molecule has 3 unspecified atom stereocenters. The van der Waals surface area contributed by atoms with Crippen LogP contribution in [-0.2, 0) is 15.3 Å². The highest BCUT2D eigenvalue weighted by Crippen LogP contribution is 2.45. The molecule has 0 radical (unpaired) electrons. The van der Waals surface area contributed by atoms with E-state index in [1.165, 1.54) is 22.1 Å². The van der Waals surface area contributed by atoms with Crippen LogP contribution in [0.25, 0.3) is 0 Å². The van der Waals surface area contributed by atoms with Gasteiger partial charge in [-0.15, -0.1) is 11.8 Å². The third-order valence-electron chi connectivity index (χ3n) is 6.32. The van der Waals surface area contributed by atoms with Gasteiger partial charge in [0.2, 0.25) is 0 Å². The molecule has 7 heteroatoms. The van der Waals surface area contributed by atoms with Crippen LogP contribution in [0.4, 0.5) is 0 Å². The van der Waals surface area contributed by atoms with Gasteiger partial charge in [0.25, 0.3) is 5.91 Å². The summed E-state index contributed by atoms with van der Waals surface area (Å²) in [6.45, 7) is 1.99. The SMILES string of the molecule is CN1CN(C2c3ccccc3CSc3ccccc32)N2C=CC(=O)C(O)C2(C)C1=O. The van der Waals surface area contributed by atoms with Crippen molar-refractivity contribution in [1.29, 1.82) is 0 Å². The van der Waals surface area contributed by atoms with E-state index in [0.29, 0.717) is 6.67 Å². The number of aliphatic hydroxyl groups is 1. The lowest BCUT2D eigenvalue weighted by Crippen LogP contribution is -2.74.